The predicted octanol–water partition coefficient (Wildman–Crippen LogP) is 3.26. The smallest absolute Gasteiger partial charge is 0.168 e. The third kappa shape index (κ3) is 3.47. The van der Waals surface area contributed by atoms with E-state index in [2.05, 4.69) is 40.5 Å². The van der Waals surface area contributed by atoms with Crippen molar-refractivity contribution >= 4 is 0 Å². The molecule has 2 aromatic carbocycles. The summed E-state index contributed by atoms with van der Waals surface area (Å²) in [7, 11) is 0. The summed E-state index contributed by atoms with van der Waals surface area (Å²) in [5, 5.41) is 3.45. The number of ether oxygens (including phenoxy) is 2. The van der Waals surface area contributed by atoms with Gasteiger partial charge in [0.2, 0.25) is 0 Å². The molecule has 2 heterocycles. The van der Waals surface area contributed by atoms with Crippen LogP contribution in [0.15, 0.2) is 48.7 Å². The first-order valence-corrected chi connectivity index (χ1v) is 9.99. The first kappa shape index (κ1) is 16.8. The molecule has 0 amide bonds. The summed E-state index contributed by atoms with van der Waals surface area (Å²) in [4.78, 5) is 2.62. The summed E-state index contributed by atoms with van der Waals surface area (Å²) in [5.74, 6) is 2.34. The maximum absolute atomic E-state index is 5.83. The minimum absolute atomic E-state index is 0.552. The molecule has 0 bridgehead atoms. The van der Waals surface area contributed by atoms with Crippen LogP contribution in [0.3, 0.4) is 0 Å². The molecule has 1 fully saturated rings. The van der Waals surface area contributed by atoms with Gasteiger partial charge in [0.15, 0.2) is 11.5 Å². The number of hydrogen-bond acceptors (Lipinski definition) is 4. The summed E-state index contributed by atoms with van der Waals surface area (Å²) in [6.45, 7) is 6.36. The third-order valence-electron chi connectivity index (χ3n) is 5.88. The Morgan fingerprint density at radius 2 is 1.96 bits per heavy atom. The quantitative estimate of drug-likeness (QED) is 0.909. The fraction of sp³-hybridized carbons (Fsp3) is 0.391. The fourth-order valence-corrected chi connectivity index (χ4v) is 4.58. The molecule has 2 aliphatic heterocycles. The average Bonchev–Trinajstić information content (AvgIpc) is 2.96. The summed E-state index contributed by atoms with van der Waals surface area (Å²) in [5.41, 5.74) is 5.60. The molecular weight excluding hydrogens is 336 g/mol. The molecule has 1 N–H and O–H groups in total. The molecule has 0 saturated carbocycles. The molecule has 2 aromatic rings. The van der Waals surface area contributed by atoms with Crippen molar-refractivity contribution < 1.29 is 9.47 Å². The number of rotatable bonds is 3. The van der Waals surface area contributed by atoms with E-state index in [1.165, 1.54) is 54.7 Å². The maximum Gasteiger partial charge on any atom is 0.168 e. The van der Waals surface area contributed by atoms with Gasteiger partial charge < -0.3 is 19.7 Å². The zero-order valence-corrected chi connectivity index (χ0v) is 15.6. The van der Waals surface area contributed by atoms with Crippen molar-refractivity contribution in [3.63, 3.8) is 0 Å². The second-order valence-corrected chi connectivity index (χ2v) is 7.73. The topological polar surface area (TPSA) is 33.7 Å². The zero-order chi connectivity index (χ0) is 18.1. The highest BCUT2D eigenvalue weighted by atomic mass is 16.5. The largest absolute Gasteiger partial charge is 0.485 e. The van der Waals surface area contributed by atoms with E-state index >= 15 is 0 Å². The number of fused-ring (bicyclic) bond motifs is 2. The number of nitrogens with zero attached hydrogens (tertiary/aromatic N) is 1. The van der Waals surface area contributed by atoms with Crippen molar-refractivity contribution in [2.45, 2.75) is 12.8 Å². The van der Waals surface area contributed by atoms with E-state index in [-0.39, 0.29) is 0 Å². The first-order valence-electron chi connectivity index (χ1n) is 9.99. The molecule has 1 atom stereocenters. The van der Waals surface area contributed by atoms with Crippen molar-refractivity contribution in [2.75, 3.05) is 39.3 Å². The van der Waals surface area contributed by atoms with E-state index < -0.39 is 0 Å². The highest BCUT2D eigenvalue weighted by Gasteiger charge is 2.26. The minimum atomic E-state index is 0.552. The zero-order valence-electron chi connectivity index (χ0n) is 15.6. The number of hydrogen-bond donors (Lipinski definition) is 1. The Bertz CT molecular complexity index is 855. The van der Waals surface area contributed by atoms with E-state index in [9.17, 15) is 0 Å². The molecule has 1 saturated heterocycles. The standard InChI is InChI=1S/C23H26N2O2/c1-3-18-13-17(16-25-9-7-24-8-10-25)14-21(18)20(4-1)19-5-6-22-23(15-19)27-12-2-11-26-22/h1-6,11,15,17,24H,7-10,12-14,16H2. The monoisotopic (exact) mass is 362 g/mol. The first-order chi connectivity index (χ1) is 13.4. The van der Waals surface area contributed by atoms with E-state index in [0.29, 0.717) is 6.61 Å². The van der Waals surface area contributed by atoms with Crippen molar-refractivity contribution in [2.24, 2.45) is 5.92 Å². The summed E-state index contributed by atoms with van der Waals surface area (Å²) < 4.78 is 11.4. The third-order valence-corrected chi connectivity index (χ3v) is 5.88. The molecular formula is C23H26N2O2. The fourth-order valence-electron chi connectivity index (χ4n) is 4.58. The van der Waals surface area contributed by atoms with Crippen LogP contribution in [0.5, 0.6) is 11.5 Å². The molecule has 4 nitrogen and oxygen atoms in total. The average molecular weight is 362 g/mol. The lowest BCUT2D eigenvalue weighted by Gasteiger charge is -2.29. The van der Waals surface area contributed by atoms with Crippen LogP contribution < -0.4 is 14.8 Å². The minimum Gasteiger partial charge on any atom is -0.485 e. The summed E-state index contributed by atoms with van der Waals surface area (Å²) in [6.07, 6.45) is 5.96. The Balaban J connectivity index is 1.39. The maximum atomic E-state index is 5.83. The van der Waals surface area contributed by atoms with E-state index in [0.717, 1.165) is 30.5 Å². The van der Waals surface area contributed by atoms with Gasteiger partial charge in [0, 0.05) is 32.7 Å². The Morgan fingerprint density at radius 3 is 2.89 bits per heavy atom. The van der Waals surface area contributed by atoms with Crippen LogP contribution in [0.25, 0.3) is 11.1 Å². The SMILES string of the molecule is C1=COc2ccc(-c3cccc4c3CC(CN3CCNCC3)C4)cc2OC1. The Labute approximate surface area is 160 Å². The molecule has 5 rings (SSSR count). The van der Waals surface area contributed by atoms with Gasteiger partial charge in [-0.3, -0.25) is 0 Å². The van der Waals surface area contributed by atoms with E-state index in [1.807, 2.05) is 12.1 Å². The van der Waals surface area contributed by atoms with Crippen LogP contribution in [0.1, 0.15) is 11.1 Å². The van der Waals surface area contributed by atoms with Crippen molar-refractivity contribution in [3.8, 4) is 22.6 Å². The molecule has 1 unspecified atom stereocenters. The van der Waals surface area contributed by atoms with Gasteiger partial charge in [-0.25, -0.2) is 0 Å². The van der Waals surface area contributed by atoms with Gasteiger partial charge in [0.25, 0.3) is 0 Å². The van der Waals surface area contributed by atoms with Gasteiger partial charge in [-0.2, -0.15) is 0 Å². The Morgan fingerprint density at radius 1 is 1.04 bits per heavy atom. The second-order valence-electron chi connectivity index (χ2n) is 7.73. The van der Waals surface area contributed by atoms with Crippen LogP contribution in [-0.4, -0.2) is 44.2 Å². The van der Waals surface area contributed by atoms with Gasteiger partial charge in [-0.1, -0.05) is 24.3 Å². The van der Waals surface area contributed by atoms with Gasteiger partial charge in [-0.15, -0.1) is 0 Å². The lowest BCUT2D eigenvalue weighted by atomic mass is 9.96. The number of nitrogens with one attached hydrogen (secondary N) is 1. The highest BCUT2D eigenvalue weighted by Crippen LogP contribution is 2.39. The molecule has 0 aromatic heterocycles. The van der Waals surface area contributed by atoms with E-state index in [4.69, 9.17) is 9.47 Å². The predicted molar refractivity (Wildman–Crippen MR) is 107 cm³/mol. The van der Waals surface area contributed by atoms with E-state index in [1.54, 1.807) is 6.26 Å². The normalized spacial score (nSPS) is 21.7. The van der Waals surface area contributed by atoms with Gasteiger partial charge in [-0.05, 0) is 59.2 Å². The Kier molecular flexibility index (Phi) is 4.60. The molecule has 140 valence electrons. The van der Waals surface area contributed by atoms with Crippen LogP contribution in [0.4, 0.5) is 0 Å². The lowest BCUT2D eigenvalue weighted by Crippen LogP contribution is -2.45. The van der Waals surface area contributed by atoms with Gasteiger partial charge in [0.1, 0.15) is 6.61 Å². The van der Waals surface area contributed by atoms with Crippen LogP contribution >= 0.6 is 0 Å². The van der Waals surface area contributed by atoms with Crippen molar-refractivity contribution in [1.82, 2.24) is 10.2 Å². The molecule has 3 aliphatic rings. The molecule has 1 aliphatic carbocycles. The summed E-state index contributed by atoms with van der Waals surface area (Å²) in [6, 6.07) is 13.1. The van der Waals surface area contributed by atoms with Crippen LogP contribution in [-0.2, 0) is 12.8 Å². The lowest BCUT2D eigenvalue weighted by molar-refractivity contribution is 0.208. The van der Waals surface area contributed by atoms with Gasteiger partial charge >= 0.3 is 0 Å². The molecule has 0 radical (unpaired) electrons. The van der Waals surface area contributed by atoms with Crippen LogP contribution in [0, 0.1) is 5.92 Å². The second kappa shape index (κ2) is 7.37. The molecule has 4 heteroatoms. The highest BCUT2D eigenvalue weighted by molar-refractivity contribution is 5.72. The number of piperazine rings is 1. The van der Waals surface area contributed by atoms with Crippen molar-refractivity contribution in [3.05, 3.63) is 59.9 Å². The van der Waals surface area contributed by atoms with Crippen molar-refractivity contribution in [1.29, 1.82) is 0 Å². The van der Waals surface area contributed by atoms with Crippen LogP contribution in [0.2, 0.25) is 0 Å². The van der Waals surface area contributed by atoms with Gasteiger partial charge in [0.05, 0.1) is 6.26 Å². The molecule has 0 spiro atoms. The molecule has 27 heavy (non-hydrogen) atoms. The Hall–Kier alpha value is -2.30. The summed E-state index contributed by atoms with van der Waals surface area (Å²) >= 11 is 0. The number of benzene rings is 2.